The van der Waals surface area contributed by atoms with Gasteiger partial charge in [0.15, 0.2) is 0 Å². The van der Waals surface area contributed by atoms with Crippen molar-refractivity contribution in [1.29, 1.82) is 0 Å². The van der Waals surface area contributed by atoms with Crippen LogP contribution < -0.4 is 0 Å². The molecule has 0 atom stereocenters. The Kier molecular flexibility index (Phi) is 6.56. The quantitative estimate of drug-likeness (QED) is 0.856. The van der Waals surface area contributed by atoms with Crippen LogP contribution in [0.3, 0.4) is 0 Å². The van der Waals surface area contributed by atoms with Crippen molar-refractivity contribution in [1.82, 2.24) is 14.5 Å². The number of pyridine rings is 1. The summed E-state index contributed by atoms with van der Waals surface area (Å²) in [6.07, 6.45) is 9.58. The zero-order chi connectivity index (χ0) is 13.2. The summed E-state index contributed by atoms with van der Waals surface area (Å²) < 4.78 is 2.16. The smallest absolute Gasteiger partial charge is 0.290 e. The number of nitrogens with zero attached hydrogens (tertiary/aromatic N) is 3. The van der Waals surface area contributed by atoms with Crippen molar-refractivity contribution >= 4 is 18.2 Å². The van der Waals surface area contributed by atoms with Gasteiger partial charge in [0.2, 0.25) is 0 Å². The Balaban J connectivity index is 0.000000492. The van der Waals surface area contributed by atoms with Gasteiger partial charge in [0.1, 0.15) is 5.82 Å². The topological polar surface area (TPSA) is 68.0 Å². The zero-order valence-electron chi connectivity index (χ0n) is 10.1. The number of imidazole rings is 1. The van der Waals surface area contributed by atoms with Gasteiger partial charge in [-0.15, -0.1) is 0 Å². The van der Waals surface area contributed by atoms with Crippen LogP contribution in [-0.4, -0.2) is 38.1 Å². The summed E-state index contributed by atoms with van der Waals surface area (Å²) in [4.78, 5) is 16.8. The maximum absolute atomic E-state index is 8.36. The summed E-state index contributed by atoms with van der Waals surface area (Å²) >= 11 is 1.84. The van der Waals surface area contributed by atoms with Crippen molar-refractivity contribution in [2.75, 3.05) is 12.0 Å². The molecular weight excluding hydrogens is 250 g/mol. The molecule has 0 aromatic carbocycles. The number of aryl methyl sites for hydroxylation is 1. The Morgan fingerprint density at radius 2 is 2.28 bits per heavy atom. The molecule has 0 aliphatic carbocycles. The summed E-state index contributed by atoms with van der Waals surface area (Å²) in [5.74, 6) is 2.10. The first-order chi connectivity index (χ1) is 8.83. The predicted octanol–water partition coefficient (Wildman–Crippen LogP) is 2.01. The molecule has 2 heterocycles. The van der Waals surface area contributed by atoms with E-state index in [0.717, 1.165) is 23.7 Å². The van der Waals surface area contributed by atoms with Crippen LogP contribution in [-0.2, 0) is 11.3 Å². The second kappa shape index (κ2) is 8.30. The van der Waals surface area contributed by atoms with Gasteiger partial charge in [-0.05, 0) is 18.4 Å². The highest BCUT2D eigenvalue weighted by Gasteiger charge is 2.04. The lowest BCUT2D eigenvalue weighted by atomic mass is 10.3. The largest absolute Gasteiger partial charge is 0.483 e. The molecule has 0 saturated heterocycles. The second-order valence-corrected chi connectivity index (χ2v) is 4.27. The van der Waals surface area contributed by atoms with E-state index in [2.05, 4.69) is 20.8 Å². The molecule has 0 bridgehead atoms. The first-order valence-corrected chi connectivity index (χ1v) is 6.71. The van der Waals surface area contributed by atoms with E-state index in [1.807, 2.05) is 42.5 Å². The highest BCUT2D eigenvalue weighted by atomic mass is 32.2. The van der Waals surface area contributed by atoms with Crippen molar-refractivity contribution in [3.8, 4) is 11.4 Å². The number of hydrogen-bond acceptors (Lipinski definition) is 4. The van der Waals surface area contributed by atoms with Crippen LogP contribution in [0.25, 0.3) is 11.4 Å². The van der Waals surface area contributed by atoms with E-state index < -0.39 is 0 Å². The SMILES string of the molecule is CSCCn1ccnc1-c1cccnc1.O=CO. The molecule has 6 heteroatoms. The third-order valence-electron chi connectivity index (χ3n) is 2.17. The number of aromatic nitrogens is 3. The fourth-order valence-electron chi connectivity index (χ4n) is 1.43. The Morgan fingerprint density at radius 3 is 2.89 bits per heavy atom. The van der Waals surface area contributed by atoms with Gasteiger partial charge in [-0.3, -0.25) is 9.78 Å². The molecule has 2 aromatic heterocycles. The Hall–Kier alpha value is -1.82. The summed E-state index contributed by atoms with van der Waals surface area (Å²) in [6, 6.07) is 3.97. The summed E-state index contributed by atoms with van der Waals surface area (Å²) in [5, 5.41) is 6.89. The minimum atomic E-state index is -0.250. The summed E-state index contributed by atoms with van der Waals surface area (Å²) in [7, 11) is 0. The standard InChI is InChI=1S/C11H13N3S.CH2O2/c1-15-8-7-14-6-5-13-11(14)10-3-2-4-12-9-10;2-1-3/h2-6,9H,7-8H2,1H3;1H,(H,2,3). The zero-order valence-corrected chi connectivity index (χ0v) is 10.9. The van der Waals surface area contributed by atoms with Gasteiger partial charge in [-0.1, -0.05) is 0 Å². The third kappa shape index (κ3) is 4.21. The number of rotatable bonds is 4. The Labute approximate surface area is 110 Å². The van der Waals surface area contributed by atoms with E-state index in [0.29, 0.717) is 0 Å². The molecule has 0 unspecified atom stereocenters. The number of carboxylic acid groups (broad SMARTS) is 1. The van der Waals surface area contributed by atoms with E-state index in [1.54, 1.807) is 6.20 Å². The molecular formula is C12H15N3O2S. The molecule has 0 amide bonds. The average molecular weight is 265 g/mol. The molecule has 0 saturated carbocycles. The van der Waals surface area contributed by atoms with Crippen molar-refractivity contribution in [2.45, 2.75) is 6.54 Å². The molecule has 0 aliphatic rings. The molecule has 0 spiro atoms. The van der Waals surface area contributed by atoms with E-state index >= 15 is 0 Å². The van der Waals surface area contributed by atoms with Gasteiger partial charge in [0.05, 0.1) is 0 Å². The van der Waals surface area contributed by atoms with Gasteiger partial charge in [0, 0.05) is 42.6 Å². The van der Waals surface area contributed by atoms with E-state index in [-0.39, 0.29) is 6.47 Å². The van der Waals surface area contributed by atoms with Crippen LogP contribution in [0.2, 0.25) is 0 Å². The molecule has 2 rings (SSSR count). The highest BCUT2D eigenvalue weighted by molar-refractivity contribution is 7.98. The fourth-order valence-corrected chi connectivity index (χ4v) is 1.81. The van der Waals surface area contributed by atoms with Gasteiger partial charge in [0.25, 0.3) is 6.47 Å². The maximum atomic E-state index is 8.36. The third-order valence-corrected chi connectivity index (χ3v) is 2.76. The predicted molar refractivity (Wildman–Crippen MR) is 72.5 cm³/mol. The monoisotopic (exact) mass is 265 g/mol. The van der Waals surface area contributed by atoms with Gasteiger partial charge in [-0.25, -0.2) is 4.98 Å². The normalized spacial score (nSPS) is 9.39. The molecule has 1 N–H and O–H groups in total. The molecule has 0 aliphatic heterocycles. The molecule has 0 fully saturated rings. The minimum Gasteiger partial charge on any atom is -0.483 e. The minimum absolute atomic E-state index is 0.250. The van der Waals surface area contributed by atoms with Crippen LogP contribution in [0.5, 0.6) is 0 Å². The summed E-state index contributed by atoms with van der Waals surface area (Å²) in [5.41, 5.74) is 1.07. The summed E-state index contributed by atoms with van der Waals surface area (Å²) in [6.45, 7) is 0.741. The van der Waals surface area contributed by atoms with E-state index in [4.69, 9.17) is 9.90 Å². The van der Waals surface area contributed by atoms with Gasteiger partial charge in [-0.2, -0.15) is 11.8 Å². The number of hydrogen-bond donors (Lipinski definition) is 1. The maximum Gasteiger partial charge on any atom is 0.290 e. The van der Waals surface area contributed by atoms with Crippen LogP contribution in [0, 0.1) is 0 Å². The van der Waals surface area contributed by atoms with Gasteiger partial charge < -0.3 is 9.67 Å². The first kappa shape index (κ1) is 14.2. The van der Waals surface area contributed by atoms with Gasteiger partial charge >= 0.3 is 0 Å². The Bertz CT molecular complexity index is 459. The van der Waals surface area contributed by atoms with Crippen LogP contribution in [0.15, 0.2) is 36.9 Å². The highest BCUT2D eigenvalue weighted by Crippen LogP contribution is 2.15. The fraction of sp³-hybridized carbons (Fsp3) is 0.250. The van der Waals surface area contributed by atoms with Crippen molar-refractivity contribution < 1.29 is 9.90 Å². The Morgan fingerprint density at radius 1 is 1.50 bits per heavy atom. The first-order valence-electron chi connectivity index (χ1n) is 5.31. The van der Waals surface area contributed by atoms with Crippen molar-refractivity contribution in [2.24, 2.45) is 0 Å². The average Bonchev–Trinajstić information content (AvgIpc) is 2.86. The number of thioether (sulfide) groups is 1. The van der Waals surface area contributed by atoms with Crippen LogP contribution in [0.4, 0.5) is 0 Å². The number of carbonyl (C=O) groups is 1. The molecule has 96 valence electrons. The molecule has 5 nitrogen and oxygen atoms in total. The second-order valence-electron chi connectivity index (χ2n) is 3.28. The molecule has 18 heavy (non-hydrogen) atoms. The van der Waals surface area contributed by atoms with Crippen LogP contribution >= 0.6 is 11.8 Å². The molecule has 2 aromatic rings. The van der Waals surface area contributed by atoms with Crippen molar-refractivity contribution in [3.05, 3.63) is 36.9 Å². The van der Waals surface area contributed by atoms with E-state index in [1.165, 1.54) is 0 Å². The van der Waals surface area contributed by atoms with E-state index in [9.17, 15) is 0 Å². The lowest BCUT2D eigenvalue weighted by Gasteiger charge is -2.05. The van der Waals surface area contributed by atoms with Crippen molar-refractivity contribution in [3.63, 3.8) is 0 Å². The van der Waals surface area contributed by atoms with Crippen LogP contribution in [0.1, 0.15) is 0 Å². The molecule has 0 radical (unpaired) electrons. The lowest BCUT2D eigenvalue weighted by Crippen LogP contribution is -2.01. The lowest BCUT2D eigenvalue weighted by molar-refractivity contribution is -0.122.